The largest absolute Gasteiger partial charge is 0.491 e. The number of hydrogen-bond donors (Lipinski definition) is 0. The second-order valence-electron chi connectivity index (χ2n) is 7.62. The summed E-state index contributed by atoms with van der Waals surface area (Å²) in [4.78, 5) is 0. The molecule has 1 aromatic rings. The molecule has 0 heterocycles. The molecule has 0 aromatic heterocycles. The Hall–Kier alpha value is -1.05. The summed E-state index contributed by atoms with van der Waals surface area (Å²) in [6.45, 7) is 14.8. The predicted octanol–water partition coefficient (Wildman–Crippen LogP) is 5.33. The Kier molecular flexibility index (Phi) is 4.65. The zero-order chi connectivity index (χ0) is 14.8. The Bertz CT molecular complexity index is 424. The Morgan fingerprint density at radius 3 is 2.11 bits per heavy atom. The van der Waals surface area contributed by atoms with E-state index in [0.29, 0.717) is 5.75 Å². The molecule has 19 heavy (non-hydrogen) atoms. The molecule has 0 aliphatic rings. The third kappa shape index (κ3) is 5.63. The summed E-state index contributed by atoms with van der Waals surface area (Å²) in [5, 5.41) is 0. The molecule has 1 nitrogen and oxygen atoms in total. The lowest BCUT2D eigenvalue weighted by Gasteiger charge is -2.25. The van der Waals surface area contributed by atoms with E-state index in [1.807, 2.05) is 13.0 Å². The van der Waals surface area contributed by atoms with Gasteiger partial charge in [-0.25, -0.2) is 4.39 Å². The molecule has 0 amide bonds. The fraction of sp³-hybridized carbons (Fsp3) is 0.647. The minimum absolute atomic E-state index is 0.0759. The van der Waals surface area contributed by atoms with Gasteiger partial charge in [-0.3, -0.25) is 0 Å². The zero-order valence-corrected chi connectivity index (χ0v) is 13.3. The molecular formula is C17H27FO. The van der Waals surface area contributed by atoms with Crippen LogP contribution in [0.1, 0.15) is 60.5 Å². The van der Waals surface area contributed by atoms with Crippen molar-refractivity contribution in [1.82, 2.24) is 0 Å². The van der Waals surface area contributed by atoms with Gasteiger partial charge in [0.05, 0.1) is 6.10 Å². The number of ether oxygens (including phenoxy) is 1. The summed E-state index contributed by atoms with van der Waals surface area (Å²) >= 11 is 0. The van der Waals surface area contributed by atoms with Gasteiger partial charge >= 0.3 is 0 Å². The SMILES string of the molecule is CC(CC(C)(C)C)Oc1cc(F)cc(C(C)(C)C)c1. The van der Waals surface area contributed by atoms with Gasteiger partial charge in [-0.05, 0) is 41.9 Å². The van der Waals surface area contributed by atoms with E-state index in [4.69, 9.17) is 4.74 Å². The van der Waals surface area contributed by atoms with Gasteiger partial charge in [0.25, 0.3) is 0 Å². The molecule has 108 valence electrons. The summed E-state index contributed by atoms with van der Waals surface area (Å²) < 4.78 is 19.5. The van der Waals surface area contributed by atoms with Crippen molar-refractivity contribution in [3.63, 3.8) is 0 Å². The smallest absolute Gasteiger partial charge is 0.127 e. The summed E-state index contributed by atoms with van der Waals surface area (Å²) in [6, 6.07) is 5.00. The van der Waals surface area contributed by atoms with Crippen LogP contribution < -0.4 is 4.74 Å². The van der Waals surface area contributed by atoms with Gasteiger partial charge in [0.1, 0.15) is 11.6 Å². The minimum atomic E-state index is -0.231. The van der Waals surface area contributed by atoms with Crippen LogP contribution in [0, 0.1) is 11.2 Å². The summed E-state index contributed by atoms with van der Waals surface area (Å²) in [5.41, 5.74) is 1.10. The second kappa shape index (κ2) is 5.52. The van der Waals surface area contributed by atoms with Gasteiger partial charge in [-0.15, -0.1) is 0 Å². The highest BCUT2D eigenvalue weighted by Crippen LogP contribution is 2.29. The van der Waals surface area contributed by atoms with Crippen molar-refractivity contribution >= 4 is 0 Å². The van der Waals surface area contributed by atoms with Crippen molar-refractivity contribution < 1.29 is 9.13 Å². The first kappa shape index (κ1) is 16.0. The molecule has 0 fully saturated rings. The summed E-state index contributed by atoms with van der Waals surface area (Å²) in [5.74, 6) is 0.395. The number of benzene rings is 1. The van der Waals surface area contributed by atoms with Crippen molar-refractivity contribution in [3.8, 4) is 5.75 Å². The van der Waals surface area contributed by atoms with Crippen molar-refractivity contribution in [2.75, 3.05) is 0 Å². The number of hydrogen-bond acceptors (Lipinski definition) is 1. The van der Waals surface area contributed by atoms with E-state index in [-0.39, 0.29) is 22.8 Å². The molecular weight excluding hydrogens is 239 g/mol. The van der Waals surface area contributed by atoms with Crippen LogP contribution >= 0.6 is 0 Å². The Morgan fingerprint density at radius 2 is 1.63 bits per heavy atom. The fourth-order valence-corrected chi connectivity index (χ4v) is 2.20. The minimum Gasteiger partial charge on any atom is -0.491 e. The molecule has 1 rings (SSSR count). The third-order valence-electron chi connectivity index (χ3n) is 2.97. The molecule has 0 aliphatic heterocycles. The monoisotopic (exact) mass is 266 g/mol. The Balaban J connectivity index is 2.87. The Morgan fingerprint density at radius 1 is 1.05 bits per heavy atom. The van der Waals surface area contributed by atoms with E-state index in [1.54, 1.807) is 6.07 Å². The van der Waals surface area contributed by atoms with Gasteiger partial charge in [-0.2, -0.15) is 0 Å². The van der Waals surface area contributed by atoms with E-state index in [9.17, 15) is 4.39 Å². The first-order valence-electron chi connectivity index (χ1n) is 6.95. The van der Waals surface area contributed by atoms with Gasteiger partial charge < -0.3 is 4.74 Å². The van der Waals surface area contributed by atoms with E-state index in [0.717, 1.165) is 12.0 Å². The zero-order valence-electron chi connectivity index (χ0n) is 13.3. The van der Waals surface area contributed by atoms with E-state index < -0.39 is 0 Å². The average Bonchev–Trinajstić information content (AvgIpc) is 2.11. The molecule has 2 heteroatoms. The molecule has 1 atom stereocenters. The van der Waals surface area contributed by atoms with Crippen molar-refractivity contribution in [2.45, 2.75) is 66.4 Å². The molecule has 0 radical (unpaired) electrons. The first-order valence-corrected chi connectivity index (χ1v) is 6.95. The van der Waals surface area contributed by atoms with Crippen LogP contribution in [0.15, 0.2) is 18.2 Å². The maximum absolute atomic E-state index is 13.7. The van der Waals surface area contributed by atoms with Gasteiger partial charge in [0, 0.05) is 6.07 Å². The third-order valence-corrected chi connectivity index (χ3v) is 2.97. The predicted molar refractivity (Wildman–Crippen MR) is 79.3 cm³/mol. The lowest BCUT2D eigenvalue weighted by Crippen LogP contribution is -2.21. The highest BCUT2D eigenvalue weighted by atomic mass is 19.1. The van der Waals surface area contributed by atoms with E-state index >= 15 is 0 Å². The van der Waals surface area contributed by atoms with Gasteiger partial charge in [-0.1, -0.05) is 41.5 Å². The molecule has 0 saturated heterocycles. The van der Waals surface area contributed by atoms with E-state index in [2.05, 4.69) is 41.5 Å². The molecule has 0 spiro atoms. The van der Waals surface area contributed by atoms with Crippen molar-refractivity contribution in [3.05, 3.63) is 29.6 Å². The Labute approximate surface area is 117 Å². The highest BCUT2D eigenvalue weighted by molar-refractivity contribution is 5.33. The van der Waals surface area contributed by atoms with Crippen LogP contribution in [-0.4, -0.2) is 6.10 Å². The van der Waals surface area contributed by atoms with Crippen LogP contribution in [0.25, 0.3) is 0 Å². The van der Waals surface area contributed by atoms with Crippen molar-refractivity contribution in [2.24, 2.45) is 5.41 Å². The lowest BCUT2D eigenvalue weighted by molar-refractivity contribution is 0.159. The van der Waals surface area contributed by atoms with Crippen LogP contribution in [0.2, 0.25) is 0 Å². The standard InChI is InChI=1S/C17H27FO/c1-12(11-16(2,3)4)19-15-9-13(17(5,6)7)8-14(18)10-15/h8-10,12H,11H2,1-7H3. The number of rotatable bonds is 3. The molecule has 0 N–H and O–H groups in total. The average molecular weight is 266 g/mol. The van der Waals surface area contributed by atoms with Crippen LogP contribution in [0.3, 0.4) is 0 Å². The van der Waals surface area contributed by atoms with Crippen LogP contribution in [0.4, 0.5) is 4.39 Å². The number of halogens is 1. The normalized spacial score (nSPS) is 14.3. The summed E-state index contributed by atoms with van der Waals surface area (Å²) in [7, 11) is 0. The summed E-state index contributed by atoms with van der Waals surface area (Å²) in [6.07, 6.45) is 1.02. The van der Waals surface area contributed by atoms with Crippen LogP contribution in [-0.2, 0) is 5.41 Å². The topological polar surface area (TPSA) is 9.23 Å². The molecule has 1 aromatic carbocycles. The lowest BCUT2D eigenvalue weighted by atomic mass is 9.87. The maximum Gasteiger partial charge on any atom is 0.127 e. The molecule has 0 bridgehead atoms. The first-order chi connectivity index (χ1) is 8.47. The molecule has 1 unspecified atom stereocenters. The second-order valence-corrected chi connectivity index (χ2v) is 7.62. The highest BCUT2D eigenvalue weighted by Gasteiger charge is 2.19. The van der Waals surface area contributed by atoms with Crippen molar-refractivity contribution in [1.29, 1.82) is 0 Å². The van der Waals surface area contributed by atoms with Crippen LogP contribution in [0.5, 0.6) is 5.75 Å². The maximum atomic E-state index is 13.7. The van der Waals surface area contributed by atoms with Gasteiger partial charge in [0.2, 0.25) is 0 Å². The molecule has 0 saturated carbocycles. The quantitative estimate of drug-likeness (QED) is 0.718. The fourth-order valence-electron chi connectivity index (χ4n) is 2.20. The molecule has 0 aliphatic carbocycles. The van der Waals surface area contributed by atoms with E-state index in [1.165, 1.54) is 6.07 Å². The van der Waals surface area contributed by atoms with Gasteiger partial charge in [0.15, 0.2) is 0 Å².